The van der Waals surface area contributed by atoms with Crippen LogP contribution in [0.3, 0.4) is 0 Å². The van der Waals surface area contributed by atoms with Crippen LogP contribution >= 0.6 is 0 Å². The normalized spacial score (nSPS) is 14.3. The molecule has 0 atom stereocenters. The zero-order chi connectivity index (χ0) is 25.0. The van der Waals surface area contributed by atoms with Crippen LogP contribution in [0.1, 0.15) is 48.6 Å². The highest BCUT2D eigenvalue weighted by molar-refractivity contribution is 7.91. The summed E-state index contributed by atoms with van der Waals surface area (Å²) in [5.41, 5.74) is 6.08. The lowest BCUT2D eigenvalue weighted by atomic mass is 9.83. The average molecular weight is 479 g/mol. The van der Waals surface area contributed by atoms with Crippen molar-refractivity contribution < 1.29 is 23.1 Å². The number of rotatable bonds is 4. The van der Waals surface area contributed by atoms with Gasteiger partial charge in [-0.25, -0.2) is 8.42 Å². The van der Waals surface area contributed by atoms with E-state index < -0.39 is 21.4 Å². The summed E-state index contributed by atoms with van der Waals surface area (Å²) in [4.78, 5) is 12.2. The molecule has 0 unspecified atom stereocenters. The number of aliphatic carboxylic acids is 1. The minimum absolute atomic E-state index is 0.0920. The van der Waals surface area contributed by atoms with Gasteiger partial charge in [-0.2, -0.15) is 0 Å². The lowest BCUT2D eigenvalue weighted by Crippen LogP contribution is -2.23. The fraction of sp³-hybridized carbons (Fsp3) is 0.321. The van der Waals surface area contributed by atoms with Crippen molar-refractivity contribution >= 4 is 15.8 Å². The third kappa shape index (κ3) is 4.23. The van der Waals surface area contributed by atoms with Gasteiger partial charge < -0.3 is 9.84 Å². The minimum Gasteiger partial charge on any atom is -0.488 e. The van der Waals surface area contributed by atoms with Gasteiger partial charge in [0.1, 0.15) is 11.4 Å². The van der Waals surface area contributed by atoms with Crippen LogP contribution in [0, 0.1) is 20.8 Å². The summed E-state index contributed by atoms with van der Waals surface area (Å²) >= 11 is 0. The van der Waals surface area contributed by atoms with Crippen molar-refractivity contribution in [2.24, 2.45) is 0 Å². The van der Waals surface area contributed by atoms with E-state index in [0.717, 1.165) is 33.4 Å². The Bertz CT molecular complexity index is 1430. The van der Waals surface area contributed by atoms with Gasteiger partial charge in [-0.15, -0.1) is 0 Å². The molecule has 0 radical (unpaired) electrons. The molecule has 0 aliphatic carbocycles. The Labute approximate surface area is 201 Å². The third-order valence-corrected chi connectivity index (χ3v) is 7.99. The molecule has 0 bridgehead atoms. The predicted molar refractivity (Wildman–Crippen MR) is 134 cm³/mol. The topological polar surface area (TPSA) is 80.7 Å². The Morgan fingerprint density at radius 3 is 2.29 bits per heavy atom. The highest BCUT2D eigenvalue weighted by atomic mass is 32.2. The second-order valence-electron chi connectivity index (χ2n) is 10.0. The van der Waals surface area contributed by atoms with Crippen molar-refractivity contribution in [2.45, 2.75) is 64.2 Å². The van der Waals surface area contributed by atoms with Gasteiger partial charge in [-0.3, -0.25) is 4.79 Å². The van der Waals surface area contributed by atoms with E-state index in [4.69, 9.17) is 4.74 Å². The monoisotopic (exact) mass is 478 g/mol. The first-order valence-corrected chi connectivity index (χ1v) is 12.9. The summed E-state index contributed by atoms with van der Waals surface area (Å²) in [6.07, 6.45) is -0.282. The molecule has 0 saturated heterocycles. The van der Waals surface area contributed by atoms with Crippen LogP contribution in [-0.4, -0.2) is 25.1 Å². The molecule has 178 valence electrons. The highest BCUT2D eigenvalue weighted by Gasteiger charge is 2.35. The molecule has 6 heteroatoms. The first kappa shape index (κ1) is 24.0. The van der Waals surface area contributed by atoms with Gasteiger partial charge in [-0.1, -0.05) is 36.4 Å². The maximum absolute atomic E-state index is 13.4. The van der Waals surface area contributed by atoms with Crippen molar-refractivity contribution in [2.75, 3.05) is 0 Å². The number of sulfone groups is 1. The zero-order valence-electron chi connectivity index (χ0n) is 20.4. The highest BCUT2D eigenvalue weighted by Crippen LogP contribution is 2.48. The molecule has 1 aliphatic rings. The molecular formula is C28H30O5S. The number of hydrogen-bond donors (Lipinski definition) is 1. The van der Waals surface area contributed by atoms with Crippen molar-refractivity contribution in [3.63, 3.8) is 0 Å². The average Bonchev–Trinajstić information content (AvgIpc) is 2.70. The van der Waals surface area contributed by atoms with Crippen molar-refractivity contribution in [3.8, 4) is 28.0 Å². The summed E-state index contributed by atoms with van der Waals surface area (Å²) in [5.74, 6) is -0.457. The minimum atomic E-state index is -3.64. The van der Waals surface area contributed by atoms with Crippen LogP contribution in [0.15, 0.2) is 47.4 Å². The first-order valence-electron chi connectivity index (χ1n) is 11.3. The van der Waals surface area contributed by atoms with Gasteiger partial charge in [0, 0.05) is 11.1 Å². The number of ether oxygens (including phenoxy) is 1. The Hall–Kier alpha value is -3.12. The van der Waals surface area contributed by atoms with Crippen molar-refractivity contribution in [1.29, 1.82) is 0 Å². The predicted octanol–water partition coefficient (Wildman–Crippen LogP) is 6.04. The van der Waals surface area contributed by atoms with Gasteiger partial charge in [0.25, 0.3) is 0 Å². The Kier molecular flexibility index (Phi) is 5.85. The summed E-state index contributed by atoms with van der Waals surface area (Å²) in [5, 5.41) is 9.76. The van der Waals surface area contributed by atoms with Crippen LogP contribution in [0.4, 0.5) is 0 Å². The van der Waals surface area contributed by atoms with E-state index in [1.54, 1.807) is 6.92 Å². The lowest BCUT2D eigenvalue weighted by molar-refractivity contribution is -0.136. The van der Waals surface area contributed by atoms with E-state index in [1.807, 2.05) is 77.1 Å². The zero-order valence-corrected chi connectivity index (χ0v) is 21.3. The Morgan fingerprint density at radius 1 is 0.971 bits per heavy atom. The number of carboxylic acids is 1. The van der Waals surface area contributed by atoms with Crippen LogP contribution < -0.4 is 4.74 Å². The molecule has 4 rings (SSSR count). The molecule has 0 aromatic heterocycles. The fourth-order valence-electron chi connectivity index (χ4n) is 4.90. The van der Waals surface area contributed by atoms with Gasteiger partial charge in [0.2, 0.25) is 0 Å². The molecule has 0 amide bonds. The second-order valence-corrected chi connectivity index (χ2v) is 11.9. The smallest absolute Gasteiger partial charge is 0.307 e. The van der Waals surface area contributed by atoms with E-state index in [-0.39, 0.29) is 17.1 Å². The molecule has 3 aromatic rings. The molecule has 0 fully saturated rings. The summed E-state index contributed by atoms with van der Waals surface area (Å²) < 4.78 is 33.2. The van der Waals surface area contributed by atoms with Gasteiger partial charge in [0.05, 0.1) is 17.1 Å². The molecular weight excluding hydrogens is 448 g/mol. The van der Waals surface area contributed by atoms with E-state index in [0.29, 0.717) is 22.4 Å². The van der Waals surface area contributed by atoms with Crippen LogP contribution in [0.5, 0.6) is 5.75 Å². The number of carboxylic acid groups (broad SMARTS) is 1. The van der Waals surface area contributed by atoms with Gasteiger partial charge in [0.15, 0.2) is 9.84 Å². The molecule has 3 aromatic carbocycles. The third-order valence-electron chi connectivity index (χ3n) is 6.17. The Balaban J connectivity index is 2.17. The molecule has 1 heterocycles. The van der Waals surface area contributed by atoms with Crippen molar-refractivity contribution in [3.05, 3.63) is 70.3 Å². The van der Waals surface area contributed by atoms with E-state index >= 15 is 0 Å². The lowest BCUT2D eigenvalue weighted by Gasteiger charge is -2.30. The molecule has 34 heavy (non-hydrogen) atoms. The number of aryl methyl sites for hydroxylation is 1. The fourth-order valence-corrected chi connectivity index (χ4v) is 6.87. The van der Waals surface area contributed by atoms with Crippen LogP contribution in [0.25, 0.3) is 22.3 Å². The summed E-state index contributed by atoms with van der Waals surface area (Å²) in [6, 6.07) is 13.4. The largest absolute Gasteiger partial charge is 0.488 e. The molecule has 1 N–H and O–H groups in total. The summed E-state index contributed by atoms with van der Waals surface area (Å²) in [6.45, 7) is 11.5. The number of benzene rings is 3. The van der Waals surface area contributed by atoms with E-state index in [2.05, 4.69) is 0 Å². The van der Waals surface area contributed by atoms with Gasteiger partial charge >= 0.3 is 5.97 Å². The van der Waals surface area contributed by atoms with Crippen molar-refractivity contribution in [1.82, 2.24) is 0 Å². The molecule has 1 aliphatic heterocycles. The maximum atomic E-state index is 13.4. The molecule has 0 saturated carbocycles. The van der Waals surface area contributed by atoms with Crippen LogP contribution in [0.2, 0.25) is 0 Å². The van der Waals surface area contributed by atoms with Gasteiger partial charge in [-0.05, 0) is 86.6 Å². The standard InChI is InChI=1S/C28H30O5S/c1-16-11-12-21(23(13-16)33-28(4,5)6)25-18(3)26-20-10-8-7-9-19(20)15-34(31,32)27(26)17(2)22(25)14-24(29)30/h7-13H,14-15H2,1-6H3,(H,29,30). The number of hydrogen-bond acceptors (Lipinski definition) is 4. The number of carbonyl (C=O) groups is 1. The number of fused-ring (bicyclic) bond motifs is 3. The quantitative estimate of drug-likeness (QED) is 0.495. The second kappa shape index (κ2) is 8.27. The van der Waals surface area contributed by atoms with E-state index in [9.17, 15) is 18.3 Å². The first-order chi connectivity index (χ1) is 15.8. The molecule has 5 nitrogen and oxygen atoms in total. The van der Waals surface area contributed by atoms with E-state index in [1.165, 1.54) is 0 Å². The van der Waals surface area contributed by atoms with Crippen LogP contribution in [-0.2, 0) is 26.8 Å². The maximum Gasteiger partial charge on any atom is 0.307 e. The summed E-state index contributed by atoms with van der Waals surface area (Å²) in [7, 11) is -3.64. The Morgan fingerprint density at radius 2 is 1.65 bits per heavy atom. The molecule has 0 spiro atoms. The SMILES string of the molecule is Cc1ccc(-c2c(C)c3c(c(C)c2CC(=O)O)S(=O)(=O)Cc2ccccc2-3)c(OC(C)(C)C)c1.